The van der Waals surface area contributed by atoms with E-state index in [1.165, 1.54) is 28.6 Å². The van der Waals surface area contributed by atoms with Crippen LogP contribution in [0.5, 0.6) is 0 Å². The Bertz CT molecular complexity index is 1240. The number of nitro benzene ring substituents is 1. The summed E-state index contributed by atoms with van der Waals surface area (Å²) in [5.74, 6) is -0.0403. The number of carbonyl (C=O) groups is 1. The van der Waals surface area contributed by atoms with E-state index in [0.717, 1.165) is 38.5 Å². The summed E-state index contributed by atoms with van der Waals surface area (Å²) < 4.78 is 28.8. The molecule has 9 nitrogen and oxygen atoms in total. The molecule has 2 N–H and O–H groups in total. The van der Waals surface area contributed by atoms with Gasteiger partial charge in [-0.3, -0.25) is 19.2 Å². The molecule has 0 unspecified atom stereocenters. The van der Waals surface area contributed by atoms with Gasteiger partial charge in [-0.25, -0.2) is 8.42 Å². The second-order valence-corrected chi connectivity index (χ2v) is 12.9. The number of anilines is 1. The predicted octanol–water partition coefficient (Wildman–Crippen LogP) is 5.21. The van der Waals surface area contributed by atoms with Gasteiger partial charge in [0, 0.05) is 30.5 Å². The lowest BCUT2D eigenvalue weighted by Gasteiger charge is -2.36. The van der Waals surface area contributed by atoms with E-state index in [-0.39, 0.29) is 35.4 Å². The molecule has 2 atom stereocenters. The fraction of sp³-hybridized carbons (Fsp3) is 0.552. The lowest BCUT2D eigenvalue weighted by molar-refractivity contribution is -0.384. The van der Waals surface area contributed by atoms with Gasteiger partial charge < -0.3 is 10.4 Å². The zero-order valence-electron chi connectivity index (χ0n) is 23.3. The summed E-state index contributed by atoms with van der Waals surface area (Å²) in [6.45, 7) is 7.80. The van der Waals surface area contributed by atoms with Gasteiger partial charge in [0.25, 0.3) is 15.7 Å². The summed E-state index contributed by atoms with van der Waals surface area (Å²) in [7, 11) is -4.06. The fourth-order valence-corrected chi connectivity index (χ4v) is 6.95. The number of aliphatic hydroxyl groups is 1. The maximum absolute atomic E-state index is 13.7. The second kappa shape index (κ2) is 12.9. The molecule has 2 aromatic carbocycles. The highest BCUT2D eigenvalue weighted by molar-refractivity contribution is 7.92. The van der Waals surface area contributed by atoms with Crippen molar-refractivity contribution in [1.82, 2.24) is 5.32 Å². The molecule has 0 radical (unpaired) electrons. The third-order valence-electron chi connectivity index (χ3n) is 7.76. The van der Waals surface area contributed by atoms with Gasteiger partial charge in [-0.1, -0.05) is 58.2 Å². The SMILES string of the molecule is CCC1(C(=O)N[C@@H](C)[C@H](O)Cc2ccccc2N(CC(C)C)S(=O)(=O)c2ccc([N+](=O)[O-])cc2)CCCCC1. The van der Waals surface area contributed by atoms with Crippen molar-refractivity contribution >= 4 is 27.3 Å². The van der Waals surface area contributed by atoms with Crippen LogP contribution in [0.15, 0.2) is 53.4 Å². The number of sulfonamides is 1. The second-order valence-electron chi connectivity index (χ2n) is 11.0. The molecule has 1 aliphatic carbocycles. The van der Waals surface area contributed by atoms with Gasteiger partial charge in [0.05, 0.1) is 27.7 Å². The number of nitro groups is 1. The molecule has 0 spiro atoms. The number of rotatable bonds is 12. The van der Waals surface area contributed by atoms with Gasteiger partial charge in [0.1, 0.15) is 0 Å². The molecule has 1 amide bonds. The van der Waals surface area contributed by atoms with Gasteiger partial charge in [0.2, 0.25) is 5.91 Å². The van der Waals surface area contributed by atoms with Crippen molar-refractivity contribution < 1.29 is 23.2 Å². The molecule has 2 aromatic rings. The summed E-state index contributed by atoms with van der Waals surface area (Å²) in [4.78, 5) is 23.6. The van der Waals surface area contributed by atoms with Crippen LogP contribution in [0, 0.1) is 21.4 Å². The average Bonchev–Trinajstić information content (AvgIpc) is 2.92. The molecule has 1 fully saturated rings. The Morgan fingerprint density at radius 3 is 2.26 bits per heavy atom. The minimum atomic E-state index is -4.06. The molecule has 0 heterocycles. The molecule has 0 bridgehead atoms. The highest BCUT2D eigenvalue weighted by Crippen LogP contribution is 2.39. The number of non-ortho nitro benzene ring substituents is 1. The Hall–Kier alpha value is -2.98. The van der Waals surface area contributed by atoms with Crippen molar-refractivity contribution in [2.24, 2.45) is 11.3 Å². The molecular weight excluding hydrogens is 518 g/mol. The number of para-hydroxylation sites is 1. The quantitative estimate of drug-likeness (QED) is 0.271. The molecule has 3 rings (SSSR count). The van der Waals surface area contributed by atoms with Crippen LogP contribution in [-0.2, 0) is 21.2 Å². The van der Waals surface area contributed by atoms with E-state index in [2.05, 4.69) is 5.32 Å². The maximum atomic E-state index is 13.7. The van der Waals surface area contributed by atoms with Crippen LogP contribution in [0.25, 0.3) is 0 Å². The highest BCUT2D eigenvalue weighted by atomic mass is 32.2. The third kappa shape index (κ3) is 7.16. The van der Waals surface area contributed by atoms with Crippen LogP contribution in [0.3, 0.4) is 0 Å². The Morgan fingerprint density at radius 2 is 1.69 bits per heavy atom. The monoisotopic (exact) mass is 559 g/mol. The molecule has 39 heavy (non-hydrogen) atoms. The lowest BCUT2D eigenvalue weighted by Crippen LogP contribution is -2.49. The van der Waals surface area contributed by atoms with Crippen molar-refractivity contribution in [3.05, 3.63) is 64.2 Å². The summed E-state index contributed by atoms with van der Waals surface area (Å²) in [5.41, 5.74) is 0.471. The van der Waals surface area contributed by atoms with E-state index in [1.54, 1.807) is 31.2 Å². The van der Waals surface area contributed by atoms with Crippen molar-refractivity contribution in [2.75, 3.05) is 10.8 Å². The minimum absolute atomic E-state index is 0.0188. The van der Waals surface area contributed by atoms with Crippen LogP contribution < -0.4 is 9.62 Å². The Morgan fingerprint density at radius 1 is 1.08 bits per heavy atom. The smallest absolute Gasteiger partial charge is 0.269 e. The molecule has 0 saturated heterocycles. The van der Waals surface area contributed by atoms with Gasteiger partial charge >= 0.3 is 0 Å². The van der Waals surface area contributed by atoms with Gasteiger partial charge in [-0.2, -0.15) is 0 Å². The van der Waals surface area contributed by atoms with E-state index in [1.807, 2.05) is 20.8 Å². The summed E-state index contributed by atoms with van der Waals surface area (Å²) in [6.07, 6.45) is 4.87. The topological polar surface area (TPSA) is 130 Å². The number of benzene rings is 2. The largest absolute Gasteiger partial charge is 0.391 e. The van der Waals surface area contributed by atoms with E-state index in [4.69, 9.17) is 0 Å². The molecule has 10 heteroatoms. The predicted molar refractivity (Wildman–Crippen MR) is 152 cm³/mol. The summed E-state index contributed by atoms with van der Waals surface area (Å²) in [6, 6.07) is 11.3. The first-order chi connectivity index (χ1) is 18.4. The molecule has 1 aliphatic rings. The van der Waals surface area contributed by atoms with Crippen molar-refractivity contribution in [2.45, 2.75) is 89.7 Å². The summed E-state index contributed by atoms with van der Waals surface area (Å²) >= 11 is 0. The number of nitrogens with one attached hydrogen (secondary N) is 1. The first kappa shape index (κ1) is 30.6. The van der Waals surface area contributed by atoms with Crippen LogP contribution in [0.2, 0.25) is 0 Å². The summed E-state index contributed by atoms with van der Waals surface area (Å²) in [5, 5.41) is 25.2. The zero-order chi connectivity index (χ0) is 28.8. The normalized spacial score (nSPS) is 16.9. The minimum Gasteiger partial charge on any atom is -0.391 e. The van der Waals surface area contributed by atoms with E-state index >= 15 is 0 Å². The van der Waals surface area contributed by atoms with Gasteiger partial charge in [0.15, 0.2) is 0 Å². The Kier molecular flexibility index (Phi) is 10.1. The first-order valence-corrected chi connectivity index (χ1v) is 15.2. The molecule has 0 aliphatic heterocycles. The Balaban J connectivity index is 1.86. The Labute approximate surface area is 231 Å². The number of aliphatic hydroxyl groups excluding tert-OH is 1. The number of carbonyl (C=O) groups excluding carboxylic acids is 1. The van der Waals surface area contributed by atoms with Crippen LogP contribution in [0.4, 0.5) is 11.4 Å². The van der Waals surface area contributed by atoms with Crippen LogP contribution in [0.1, 0.15) is 71.8 Å². The standard InChI is InChI=1S/C29H41N3O6S/c1-5-29(17-9-6-10-18-29)28(34)30-22(4)27(33)19-23-11-7-8-12-26(23)31(20-21(2)3)39(37,38)25-15-13-24(14-16-25)32(35)36/h7-8,11-16,21-22,27,33H,5-6,9-10,17-20H2,1-4H3,(H,30,34)/t22-,27+/m0/s1. The highest BCUT2D eigenvalue weighted by Gasteiger charge is 2.38. The van der Waals surface area contributed by atoms with Gasteiger partial charge in [-0.15, -0.1) is 0 Å². The van der Waals surface area contributed by atoms with Crippen molar-refractivity contribution in [1.29, 1.82) is 0 Å². The number of hydrogen-bond acceptors (Lipinski definition) is 6. The number of hydrogen-bond donors (Lipinski definition) is 2. The number of nitrogens with zero attached hydrogens (tertiary/aromatic N) is 2. The van der Waals surface area contributed by atoms with Crippen molar-refractivity contribution in [3.8, 4) is 0 Å². The first-order valence-electron chi connectivity index (χ1n) is 13.8. The maximum Gasteiger partial charge on any atom is 0.269 e. The van der Waals surface area contributed by atoms with Crippen molar-refractivity contribution in [3.63, 3.8) is 0 Å². The third-order valence-corrected chi connectivity index (χ3v) is 9.55. The molecule has 1 saturated carbocycles. The lowest BCUT2D eigenvalue weighted by atomic mass is 9.71. The molecule has 0 aromatic heterocycles. The zero-order valence-corrected chi connectivity index (χ0v) is 24.1. The fourth-order valence-electron chi connectivity index (χ4n) is 5.28. The molecular formula is C29H41N3O6S. The van der Waals surface area contributed by atoms with Crippen LogP contribution >= 0.6 is 0 Å². The average molecular weight is 560 g/mol. The van der Waals surface area contributed by atoms with E-state index in [9.17, 15) is 28.4 Å². The molecule has 214 valence electrons. The van der Waals surface area contributed by atoms with Crippen LogP contribution in [-0.4, -0.2) is 43.0 Å². The van der Waals surface area contributed by atoms with E-state index in [0.29, 0.717) is 11.3 Å². The number of amides is 1. The van der Waals surface area contributed by atoms with Gasteiger partial charge in [-0.05, 0) is 55.9 Å². The van der Waals surface area contributed by atoms with E-state index < -0.39 is 32.5 Å².